The first-order valence-corrected chi connectivity index (χ1v) is 10.3. The topological polar surface area (TPSA) is 162 Å². The molecule has 0 atom stereocenters. The maximum Gasteiger partial charge on any atom is 0.226 e. The van der Waals surface area contributed by atoms with E-state index in [0.717, 1.165) is 5.69 Å². The zero-order valence-corrected chi connectivity index (χ0v) is 18.3. The van der Waals surface area contributed by atoms with Crippen LogP contribution in [-0.4, -0.2) is 20.7 Å². The van der Waals surface area contributed by atoms with E-state index >= 15 is 0 Å². The van der Waals surface area contributed by atoms with Crippen LogP contribution in [0.25, 0.3) is 11.4 Å². The monoisotopic (exact) mass is 458 g/mol. The summed E-state index contributed by atoms with van der Waals surface area (Å²) >= 11 is 0. The Morgan fingerprint density at radius 1 is 0.971 bits per heavy atom. The van der Waals surface area contributed by atoms with E-state index in [1.54, 1.807) is 31.2 Å². The lowest BCUT2D eigenvalue weighted by molar-refractivity contribution is 0.289. The lowest BCUT2D eigenvalue weighted by Gasteiger charge is -2.17. The predicted molar refractivity (Wildman–Crippen MR) is 131 cm³/mol. The Morgan fingerprint density at radius 2 is 1.62 bits per heavy atom. The summed E-state index contributed by atoms with van der Waals surface area (Å²) in [5.74, 6) is 0.201. The molecule has 34 heavy (non-hydrogen) atoms. The van der Waals surface area contributed by atoms with Crippen LogP contribution in [0.4, 0.5) is 33.2 Å². The molecule has 4 aromatic rings. The molecular weight excluding hydrogens is 435 g/mol. The lowest BCUT2D eigenvalue weighted by atomic mass is 10.1. The van der Waals surface area contributed by atoms with Crippen molar-refractivity contribution >= 4 is 34.5 Å². The van der Waals surface area contributed by atoms with Gasteiger partial charge in [-0.15, -0.1) is 0 Å². The van der Waals surface area contributed by atoms with Crippen molar-refractivity contribution in [2.24, 2.45) is 0 Å². The van der Waals surface area contributed by atoms with Gasteiger partial charge in [0, 0.05) is 22.5 Å². The van der Waals surface area contributed by atoms with E-state index in [0.29, 0.717) is 22.5 Å². The third kappa shape index (κ3) is 4.70. The molecule has 0 amide bonds. The van der Waals surface area contributed by atoms with Crippen molar-refractivity contribution in [2.45, 2.75) is 13.5 Å². The molecule has 4 rings (SSSR count). The number of pyridine rings is 1. The number of nitrogen functional groups attached to an aromatic ring is 3. The summed E-state index contributed by atoms with van der Waals surface area (Å²) in [5, 5.41) is 11.5. The van der Waals surface area contributed by atoms with Crippen LogP contribution in [-0.2, 0) is 6.61 Å². The van der Waals surface area contributed by atoms with E-state index in [1.807, 2.05) is 30.3 Å². The highest BCUT2D eigenvalue weighted by atomic mass is 19.1. The molecule has 0 aliphatic rings. The Kier molecular flexibility index (Phi) is 6.22. The summed E-state index contributed by atoms with van der Waals surface area (Å²) in [6.07, 6.45) is 0. The van der Waals surface area contributed by atoms with Crippen molar-refractivity contribution in [3.63, 3.8) is 0 Å². The van der Waals surface area contributed by atoms with E-state index in [1.165, 1.54) is 6.07 Å². The fourth-order valence-electron chi connectivity index (χ4n) is 3.19. The molecule has 10 heteroatoms. The van der Waals surface area contributed by atoms with Crippen LogP contribution in [0.2, 0.25) is 0 Å². The molecule has 0 spiro atoms. The molecule has 0 fully saturated rings. The number of para-hydroxylation sites is 1. The molecule has 9 nitrogen and oxygen atoms in total. The number of aromatic nitrogens is 3. The van der Waals surface area contributed by atoms with Gasteiger partial charge in [0.05, 0.1) is 5.56 Å². The second kappa shape index (κ2) is 9.41. The Labute approximate surface area is 195 Å². The van der Waals surface area contributed by atoms with Gasteiger partial charge in [-0.05, 0) is 31.2 Å². The van der Waals surface area contributed by atoms with E-state index in [2.05, 4.69) is 20.3 Å². The number of nitrogens with one attached hydrogen (secondary N) is 2. The molecule has 0 bridgehead atoms. The Morgan fingerprint density at radius 3 is 2.26 bits per heavy atom. The molecule has 8 N–H and O–H groups in total. The maximum atomic E-state index is 14.2. The number of nitrogens with zero attached hydrogens (tertiary/aromatic N) is 3. The smallest absolute Gasteiger partial charge is 0.226 e. The minimum absolute atomic E-state index is 0.00201. The highest BCUT2D eigenvalue weighted by molar-refractivity contribution is 6.02. The van der Waals surface area contributed by atoms with Gasteiger partial charge in [0.15, 0.2) is 17.5 Å². The normalized spacial score (nSPS) is 10.6. The molecule has 0 aliphatic heterocycles. The number of hydrogen-bond acceptors (Lipinski definition) is 9. The SMILES string of the molecule is CC(=N)c1cc(-c2nc(N)c(N)c(N)n2)c(OCc2ccccc2F)nc1Nc1ccccc1. The van der Waals surface area contributed by atoms with Gasteiger partial charge in [0.25, 0.3) is 0 Å². The summed E-state index contributed by atoms with van der Waals surface area (Å²) < 4.78 is 20.1. The lowest BCUT2D eigenvalue weighted by Crippen LogP contribution is -2.10. The average Bonchev–Trinajstić information content (AvgIpc) is 2.82. The highest BCUT2D eigenvalue weighted by Crippen LogP contribution is 2.34. The Hall–Kier alpha value is -4.73. The molecule has 0 unspecified atom stereocenters. The second-order valence-corrected chi connectivity index (χ2v) is 7.46. The number of rotatable bonds is 7. The highest BCUT2D eigenvalue weighted by Gasteiger charge is 2.20. The summed E-state index contributed by atoms with van der Waals surface area (Å²) in [4.78, 5) is 13.1. The van der Waals surface area contributed by atoms with E-state index < -0.39 is 5.82 Å². The summed E-state index contributed by atoms with van der Waals surface area (Å²) in [6, 6.07) is 17.3. The molecular formula is C24H23FN8O. The van der Waals surface area contributed by atoms with Crippen LogP contribution in [0.1, 0.15) is 18.1 Å². The second-order valence-electron chi connectivity index (χ2n) is 7.46. The molecule has 0 saturated heterocycles. The quantitative estimate of drug-likeness (QED) is 0.258. The molecule has 0 aliphatic carbocycles. The molecule has 172 valence electrons. The van der Waals surface area contributed by atoms with Crippen molar-refractivity contribution in [3.8, 4) is 17.3 Å². The molecule has 0 saturated carbocycles. The van der Waals surface area contributed by atoms with E-state index in [9.17, 15) is 4.39 Å². The number of halogens is 1. The largest absolute Gasteiger partial charge is 0.472 e. The van der Waals surface area contributed by atoms with Crippen molar-refractivity contribution in [1.29, 1.82) is 5.41 Å². The molecule has 2 aromatic carbocycles. The summed E-state index contributed by atoms with van der Waals surface area (Å²) in [7, 11) is 0. The van der Waals surface area contributed by atoms with Crippen molar-refractivity contribution in [1.82, 2.24) is 15.0 Å². The maximum absolute atomic E-state index is 14.2. The van der Waals surface area contributed by atoms with Gasteiger partial charge >= 0.3 is 0 Å². The number of nitrogens with two attached hydrogens (primary N) is 3. The first-order valence-electron chi connectivity index (χ1n) is 10.3. The molecule has 0 radical (unpaired) electrons. The van der Waals surface area contributed by atoms with Gasteiger partial charge in [0.1, 0.15) is 23.9 Å². The van der Waals surface area contributed by atoms with Gasteiger partial charge in [-0.1, -0.05) is 36.4 Å². The minimum atomic E-state index is -0.407. The van der Waals surface area contributed by atoms with Crippen LogP contribution in [0.3, 0.4) is 0 Å². The minimum Gasteiger partial charge on any atom is -0.472 e. The number of hydrogen-bond donors (Lipinski definition) is 5. The predicted octanol–water partition coefficient (Wildman–Crippen LogP) is 4.13. The Balaban J connectivity index is 1.84. The molecule has 2 aromatic heterocycles. The zero-order chi connectivity index (χ0) is 24.2. The van der Waals surface area contributed by atoms with Crippen LogP contribution >= 0.6 is 0 Å². The van der Waals surface area contributed by atoms with E-state index in [4.69, 9.17) is 27.3 Å². The van der Waals surface area contributed by atoms with E-state index in [-0.39, 0.29) is 41.3 Å². The van der Waals surface area contributed by atoms with Crippen molar-refractivity contribution in [2.75, 3.05) is 22.5 Å². The Bertz CT molecular complexity index is 1340. The number of benzene rings is 2. The van der Waals surface area contributed by atoms with Gasteiger partial charge in [-0.25, -0.2) is 14.4 Å². The number of anilines is 5. The fraction of sp³-hybridized carbons (Fsp3) is 0.0833. The van der Waals surface area contributed by atoms with Crippen molar-refractivity contribution < 1.29 is 9.13 Å². The van der Waals surface area contributed by atoms with Gasteiger partial charge < -0.3 is 32.7 Å². The summed E-state index contributed by atoms with van der Waals surface area (Å²) in [5.41, 5.74) is 19.8. The average molecular weight is 459 g/mol. The van der Waals surface area contributed by atoms with Crippen molar-refractivity contribution in [3.05, 3.63) is 77.6 Å². The van der Waals surface area contributed by atoms with Gasteiger partial charge in [-0.2, -0.15) is 4.98 Å². The first-order chi connectivity index (χ1) is 16.3. The number of ether oxygens (including phenoxy) is 1. The van der Waals surface area contributed by atoms with Gasteiger partial charge in [-0.3, -0.25) is 0 Å². The summed E-state index contributed by atoms with van der Waals surface area (Å²) in [6.45, 7) is 1.53. The van der Waals surface area contributed by atoms with Crippen LogP contribution in [0, 0.1) is 11.2 Å². The fourth-order valence-corrected chi connectivity index (χ4v) is 3.19. The third-order valence-corrected chi connectivity index (χ3v) is 5.00. The third-order valence-electron chi connectivity index (χ3n) is 5.00. The van der Waals surface area contributed by atoms with Crippen LogP contribution in [0.5, 0.6) is 5.88 Å². The molecule has 2 heterocycles. The van der Waals surface area contributed by atoms with Gasteiger partial charge in [0.2, 0.25) is 5.88 Å². The standard InChI is InChI=1S/C24H23FN8O/c1-13(26)16-11-17(23-31-20(28)19(27)21(29)32-23)24(34-12-14-7-5-6-10-18(14)25)33-22(16)30-15-8-3-2-4-9-15/h2-11,26H,12,27H2,1H3,(H,30,33)(H4,28,29,31,32). The first kappa shape index (κ1) is 22.5. The zero-order valence-electron chi connectivity index (χ0n) is 18.3. The van der Waals surface area contributed by atoms with Crippen LogP contribution < -0.4 is 27.3 Å². The van der Waals surface area contributed by atoms with Crippen LogP contribution in [0.15, 0.2) is 60.7 Å².